The molecule has 1 atom stereocenters. The average Bonchev–Trinajstić information content (AvgIpc) is 2.80. The molecule has 0 aliphatic heterocycles. The summed E-state index contributed by atoms with van der Waals surface area (Å²) in [6.07, 6.45) is 1.52. The van der Waals surface area contributed by atoms with Crippen molar-refractivity contribution < 1.29 is 17.9 Å². The summed E-state index contributed by atoms with van der Waals surface area (Å²) < 4.78 is 34.9. The van der Waals surface area contributed by atoms with Gasteiger partial charge in [0, 0.05) is 10.2 Å². The predicted molar refractivity (Wildman–Crippen MR) is 135 cm³/mol. The Morgan fingerprint density at radius 2 is 1.79 bits per heavy atom. The van der Waals surface area contributed by atoms with Gasteiger partial charge in [0.1, 0.15) is 10.6 Å². The number of benzene rings is 3. The van der Waals surface area contributed by atoms with E-state index in [1.165, 1.54) is 19.2 Å². The summed E-state index contributed by atoms with van der Waals surface area (Å²) in [5.74, 6) is -0.344. The van der Waals surface area contributed by atoms with Crippen molar-refractivity contribution in [2.24, 2.45) is 0 Å². The van der Waals surface area contributed by atoms with Crippen molar-refractivity contribution in [2.75, 3.05) is 17.1 Å². The third-order valence-corrected chi connectivity index (χ3v) is 7.26. The first kappa shape index (κ1) is 24.8. The number of amides is 1. The maximum atomic E-state index is 13.2. The quantitative estimate of drug-likeness (QED) is 0.350. The van der Waals surface area contributed by atoms with E-state index in [0.717, 1.165) is 17.5 Å². The smallest absolute Gasteiger partial charge is 0.265 e. The van der Waals surface area contributed by atoms with Crippen LogP contribution in [0.3, 0.4) is 0 Å². The molecule has 33 heavy (non-hydrogen) atoms. The van der Waals surface area contributed by atoms with Crippen molar-refractivity contribution in [3.05, 3.63) is 82.3 Å². The fraction of sp³-hybridized carbons (Fsp3) is 0.240. The number of anilines is 2. The van der Waals surface area contributed by atoms with Gasteiger partial charge in [-0.05, 0) is 70.7 Å². The molecule has 0 bridgehead atoms. The van der Waals surface area contributed by atoms with E-state index >= 15 is 0 Å². The molecule has 6 nitrogen and oxygen atoms in total. The van der Waals surface area contributed by atoms with Crippen LogP contribution in [-0.2, 0) is 14.8 Å². The zero-order valence-corrected chi connectivity index (χ0v) is 21.2. The number of carbonyl (C=O) groups excluding carboxylic acids is 1. The van der Waals surface area contributed by atoms with Gasteiger partial charge in [0.2, 0.25) is 5.91 Å². The number of carbonyl (C=O) groups is 1. The minimum Gasteiger partial charge on any atom is -0.495 e. The molecular formula is C25H27BrN2O4S. The average molecular weight is 531 g/mol. The summed E-state index contributed by atoms with van der Waals surface area (Å²) in [4.78, 5) is 13.0. The molecule has 2 N–H and O–H groups in total. The molecule has 174 valence electrons. The normalized spacial score (nSPS) is 12.1. The van der Waals surface area contributed by atoms with Crippen LogP contribution in [0.25, 0.3) is 0 Å². The summed E-state index contributed by atoms with van der Waals surface area (Å²) in [5.41, 5.74) is 2.62. The van der Waals surface area contributed by atoms with E-state index in [4.69, 9.17) is 4.74 Å². The summed E-state index contributed by atoms with van der Waals surface area (Å²) >= 11 is 3.38. The van der Waals surface area contributed by atoms with Crippen LogP contribution >= 0.6 is 15.9 Å². The maximum Gasteiger partial charge on any atom is 0.265 e. The van der Waals surface area contributed by atoms with Crippen LogP contribution in [0, 0.1) is 6.92 Å². The van der Waals surface area contributed by atoms with Crippen LogP contribution < -0.4 is 14.8 Å². The second-order valence-corrected chi connectivity index (χ2v) is 10.2. The highest BCUT2D eigenvalue weighted by molar-refractivity contribution is 9.10. The van der Waals surface area contributed by atoms with Gasteiger partial charge in [-0.2, -0.15) is 0 Å². The monoisotopic (exact) mass is 530 g/mol. The second kappa shape index (κ2) is 10.9. The minimum atomic E-state index is -3.99. The van der Waals surface area contributed by atoms with E-state index in [2.05, 4.69) is 26.0 Å². The summed E-state index contributed by atoms with van der Waals surface area (Å²) in [6.45, 7) is 3.90. The van der Waals surface area contributed by atoms with Crippen molar-refractivity contribution >= 4 is 43.2 Å². The Bertz CT molecular complexity index is 1230. The summed E-state index contributed by atoms with van der Waals surface area (Å²) in [7, 11) is -2.59. The summed E-state index contributed by atoms with van der Waals surface area (Å²) in [6, 6.07) is 19.5. The molecule has 0 spiro atoms. The van der Waals surface area contributed by atoms with Gasteiger partial charge in [0.25, 0.3) is 10.0 Å². The van der Waals surface area contributed by atoms with E-state index in [1.807, 2.05) is 50.2 Å². The number of hydrogen-bond donors (Lipinski definition) is 2. The van der Waals surface area contributed by atoms with Gasteiger partial charge in [-0.3, -0.25) is 9.52 Å². The Morgan fingerprint density at radius 3 is 2.45 bits per heavy atom. The van der Waals surface area contributed by atoms with Crippen LogP contribution in [0.4, 0.5) is 11.4 Å². The molecule has 0 heterocycles. The highest BCUT2D eigenvalue weighted by atomic mass is 79.9. The Kier molecular flexibility index (Phi) is 8.15. The third kappa shape index (κ3) is 6.15. The number of sulfonamides is 1. The largest absolute Gasteiger partial charge is 0.495 e. The molecule has 0 aliphatic carbocycles. The number of hydrogen-bond acceptors (Lipinski definition) is 4. The zero-order chi connectivity index (χ0) is 24.0. The third-order valence-electron chi connectivity index (χ3n) is 5.18. The molecule has 0 aromatic heterocycles. The van der Waals surface area contributed by atoms with Crippen LogP contribution in [-0.4, -0.2) is 21.4 Å². The first-order chi connectivity index (χ1) is 15.7. The number of halogens is 1. The van der Waals surface area contributed by atoms with Crippen molar-refractivity contribution in [1.82, 2.24) is 0 Å². The second-order valence-electron chi connectivity index (χ2n) is 7.70. The van der Waals surface area contributed by atoms with E-state index in [1.54, 1.807) is 18.2 Å². The molecule has 0 saturated carbocycles. The SMILES string of the molecule is CCC[C@@H](C(=O)Nc1ccc(OC)c(S(=O)(=O)Nc2cc(C)ccc2Br)c1)c1ccccc1. The number of ether oxygens (including phenoxy) is 1. The Hall–Kier alpha value is -2.84. The molecule has 0 unspecified atom stereocenters. The molecule has 3 aromatic rings. The first-order valence-electron chi connectivity index (χ1n) is 10.6. The van der Waals surface area contributed by atoms with Crippen LogP contribution in [0.2, 0.25) is 0 Å². The van der Waals surface area contributed by atoms with Crippen LogP contribution in [0.1, 0.15) is 36.8 Å². The van der Waals surface area contributed by atoms with E-state index in [9.17, 15) is 13.2 Å². The molecule has 3 rings (SSSR count). The van der Waals surface area contributed by atoms with E-state index in [-0.39, 0.29) is 22.5 Å². The maximum absolute atomic E-state index is 13.2. The number of methoxy groups -OCH3 is 1. The first-order valence-corrected chi connectivity index (χ1v) is 12.9. The van der Waals surface area contributed by atoms with Crippen LogP contribution in [0.5, 0.6) is 5.75 Å². The lowest BCUT2D eigenvalue weighted by molar-refractivity contribution is -0.117. The standard InChI is InChI=1S/C25H27BrN2O4S/c1-4-8-20(18-9-6-5-7-10-18)25(29)27-19-12-14-23(32-3)24(16-19)33(30,31)28-22-15-17(2)11-13-21(22)26/h5-7,9-16,20,28H,4,8H2,1-3H3,(H,27,29)/t20-/m1/s1. The molecular weight excluding hydrogens is 504 g/mol. The van der Waals surface area contributed by atoms with Crippen molar-refractivity contribution in [3.8, 4) is 5.75 Å². The van der Waals surface area contributed by atoms with Crippen molar-refractivity contribution in [2.45, 2.75) is 37.5 Å². The van der Waals surface area contributed by atoms with Crippen molar-refractivity contribution in [1.29, 1.82) is 0 Å². The number of nitrogens with one attached hydrogen (secondary N) is 2. The molecule has 3 aromatic carbocycles. The van der Waals surface area contributed by atoms with Crippen molar-refractivity contribution in [3.63, 3.8) is 0 Å². The summed E-state index contributed by atoms with van der Waals surface area (Å²) in [5, 5.41) is 2.88. The Balaban J connectivity index is 1.91. The highest BCUT2D eigenvalue weighted by Gasteiger charge is 2.24. The predicted octanol–water partition coefficient (Wildman–Crippen LogP) is 6.09. The van der Waals surface area contributed by atoms with Crippen LogP contribution in [0.15, 0.2) is 76.1 Å². The fourth-order valence-corrected chi connectivity index (χ4v) is 5.28. The highest BCUT2D eigenvalue weighted by Crippen LogP contribution is 2.32. The van der Waals surface area contributed by atoms with Gasteiger partial charge in [0.15, 0.2) is 0 Å². The number of aryl methyl sites for hydroxylation is 1. The minimum absolute atomic E-state index is 0.0667. The molecule has 0 aliphatic rings. The van der Waals surface area contributed by atoms with Gasteiger partial charge >= 0.3 is 0 Å². The van der Waals surface area contributed by atoms with Gasteiger partial charge in [-0.25, -0.2) is 8.42 Å². The zero-order valence-electron chi connectivity index (χ0n) is 18.8. The molecule has 0 radical (unpaired) electrons. The Morgan fingerprint density at radius 1 is 1.06 bits per heavy atom. The van der Waals surface area contributed by atoms with Gasteiger partial charge in [-0.1, -0.05) is 49.7 Å². The fourth-order valence-electron chi connectivity index (χ4n) is 3.53. The number of rotatable bonds is 9. The van der Waals surface area contributed by atoms with Gasteiger partial charge < -0.3 is 10.1 Å². The van der Waals surface area contributed by atoms with Gasteiger partial charge in [0.05, 0.1) is 18.7 Å². The lowest BCUT2D eigenvalue weighted by Crippen LogP contribution is -2.21. The lowest BCUT2D eigenvalue weighted by Gasteiger charge is -2.18. The molecule has 0 saturated heterocycles. The Labute approximate surface area is 203 Å². The van der Waals surface area contributed by atoms with E-state index in [0.29, 0.717) is 22.3 Å². The topological polar surface area (TPSA) is 84.5 Å². The molecule has 0 fully saturated rings. The van der Waals surface area contributed by atoms with E-state index < -0.39 is 10.0 Å². The molecule has 1 amide bonds. The lowest BCUT2D eigenvalue weighted by atomic mass is 9.93. The van der Waals surface area contributed by atoms with Gasteiger partial charge in [-0.15, -0.1) is 0 Å². The molecule has 8 heteroatoms.